The Morgan fingerprint density at radius 3 is 2.68 bits per heavy atom. The summed E-state index contributed by atoms with van der Waals surface area (Å²) in [4.78, 5) is 16.8. The van der Waals surface area contributed by atoms with Crippen molar-refractivity contribution in [2.24, 2.45) is 12.0 Å². The van der Waals surface area contributed by atoms with Crippen molar-refractivity contribution in [3.8, 4) is 0 Å². The number of carbonyl (C=O) groups excluding carboxylic acids is 1. The maximum Gasteiger partial charge on any atom is 0.257 e. The summed E-state index contributed by atoms with van der Waals surface area (Å²) in [6.45, 7) is 0. The van der Waals surface area contributed by atoms with E-state index in [0.29, 0.717) is 10.6 Å². The highest BCUT2D eigenvalue weighted by atomic mass is 35.5. The van der Waals surface area contributed by atoms with Crippen LogP contribution in [0.4, 0.5) is 0 Å². The Labute approximate surface area is 124 Å². The number of rotatable bonds is 1. The second-order valence-corrected chi connectivity index (χ2v) is 5.37. The van der Waals surface area contributed by atoms with Crippen molar-refractivity contribution < 1.29 is 4.79 Å². The lowest BCUT2D eigenvalue weighted by Crippen LogP contribution is -2.29. The highest BCUT2D eigenvalue weighted by molar-refractivity contribution is 7.80. The number of thiocarbonyl (C=S) groups is 1. The molecule has 0 unspecified atom stereocenters. The van der Waals surface area contributed by atoms with Crippen LogP contribution in [0.2, 0.25) is 5.02 Å². The van der Waals surface area contributed by atoms with Crippen molar-refractivity contribution >= 4 is 46.2 Å². The van der Waals surface area contributed by atoms with E-state index in [2.05, 4.69) is 10.3 Å². The van der Waals surface area contributed by atoms with Crippen LogP contribution in [0.5, 0.6) is 0 Å². The van der Waals surface area contributed by atoms with E-state index in [1.54, 1.807) is 24.3 Å². The summed E-state index contributed by atoms with van der Waals surface area (Å²) >= 11 is 12.2. The lowest BCUT2D eigenvalue weighted by Gasteiger charge is -2.02. The number of hydrogen-bond acceptors (Lipinski definition) is 3. The van der Waals surface area contributed by atoms with E-state index in [0.717, 1.165) is 4.80 Å². The Morgan fingerprint density at radius 1 is 1.42 bits per heavy atom. The Balaban J connectivity index is 2.10. The van der Waals surface area contributed by atoms with Crippen LogP contribution in [0.3, 0.4) is 0 Å². The van der Waals surface area contributed by atoms with Crippen molar-refractivity contribution in [3.63, 3.8) is 0 Å². The number of thiazole rings is 1. The van der Waals surface area contributed by atoms with E-state index in [1.165, 1.54) is 11.3 Å². The molecular weight excluding hydrogens is 302 g/mol. The first-order valence-electron chi connectivity index (χ1n) is 5.32. The minimum absolute atomic E-state index is 0.137. The fraction of sp³-hybridized carbons (Fsp3) is 0.0833. The smallest absolute Gasteiger partial charge is 0.257 e. The van der Waals surface area contributed by atoms with Gasteiger partial charge in [0, 0.05) is 29.2 Å². The third-order valence-corrected chi connectivity index (χ3v) is 3.58. The second-order valence-electron chi connectivity index (χ2n) is 3.67. The molecule has 0 fully saturated rings. The Hall–Kier alpha value is -1.50. The largest absolute Gasteiger partial charge is 0.327 e. The molecule has 7 heteroatoms. The number of benzene rings is 1. The summed E-state index contributed by atoms with van der Waals surface area (Å²) in [5.74, 6) is -0.301. The van der Waals surface area contributed by atoms with Gasteiger partial charge >= 0.3 is 0 Å². The molecule has 1 amide bonds. The SMILES string of the molecule is Cn1ccs/c1=N/C(=S)NC(=O)c1ccc(Cl)cc1. The van der Waals surface area contributed by atoms with Crippen LogP contribution in [-0.4, -0.2) is 15.6 Å². The molecule has 0 saturated carbocycles. The summed E-state index contributed by atoms with van der Waals surface area (Å²) in [5, 5.41) is 5.16. The summed E-state index contributed by atoms with van der Waals surface area (Å²) in [6, 6.07) is 6.56. The molecule has 0 spiro atoms. The normalized spacial score (nSPS) is 11.4. The first kappa shape index (κ1) is 13.9. The van der Waals surface area contributed by atoms with Crippen molar-refractivity contribution in [1.29, 1.82) is 0 Å². The van der Waals surface area contributed by atoms with Crippen molar-refractivity contribution in [3.05, 3.63) is 51.2 Å². The molecule has 0 radical (unpaired) electrons. The van der Waals surface area contributed by atoms with E-state index in [1.807, 2.05) is 23.2 Å². The van der Waals surface area contributed by atoms with Gasteiger partial charge < -0.3 is 4.57 Å². The van der Waals surface area contributed by atoms with Gasteiger partial charge in [0.2, 0.25) is 5.11 Å². The minimum Gasteiger partial charge on any atom is -0.327 e. The predicted octanol–water partition coefficient (Wildman–Crippen LogP) is 2.36. The molecular formula is C12H10ClN3OS2. The van der Waals surface area contributed by atoms with Crippen LogP contribution in [-0.2, 0) is 7.05 Å². The van der Waals surface area contributed by atoms with Gasteiger partial charge in [-0.15, -0.1) is 11.3 Å². The average Bonchev–Trinajstić information content (AvgIpc) is 2.75. The van der Waals surface area contributed by atoms with Gasteiger partial charge in [-0.05, 0) is 36.5 Å². The number of nitrogens with zero attached hydrogens (tertiary/aromatic N) is 2. The molecule has 1 N–H and O–H groups in total. The van der Waals surface area contributed by atoms with Crippen LogP contribution in [0.15, 0.2) is 40.8 Å². The summed E-state index contributed by atoms with van der Waals surface area (Å²) in [5.41, 5.74) is 0.484. The Kier molecular flexibility index (Phi) is 4.47. The van der Waals surface area contributed by atoms with Crippen molar-refractivity contribution in [2.75, 3.05) is 0 Å². The maximum atomic E-state index is 11.9. The van der Waals surface area contributed by atoms with Crippen molar-refractivity contribution in [1.82, 2.24) is 9.88 Å². The highest BCUT2D eigenvalue weighted by Crippen LogP contribution is 2.09. The van der Waals surface area contributed by atoms with Gasteiger partial charge in [-0.3, -0.25) is 10.1 Å². The van der Waals surface area contributed by atoms with Crippen LogP contribution in [0.25, 0.3) is 0 Å². The van der Waals surface area contributed by atoms with Gasteiger partial charge in [-0.2, -0.15) is 4.99 Å². The zero-order valence-electron chi connectivity index (χ0n) is 9.96. The first-order valence-corrected chi connectivity index (χ1v) is 6.98. The second kappa shape index (κ2) is 6.10. The first-order chi connectivity index (χ1) is 9.06. The monoisotopic (exact) mass is 311 g/mol. The number of amides is 1. The zero-order valence-corrected chi connectivity index (χ0v) is 12.4. The Morgan fingerprint density at radius 2 is 2.11 bits per heavy atom. The fourth-order valence-corrected chi connectivity index (χ4v) is 2.42. The average molecular weight is 312 g/mol. The van der Waals surface area contributed by atoms with Crippen LogP contribution in [0, 0.1) is 0 Å². The number of carbonyl (C=O) groups is 1. The standard InChI is InChI=1S/C12H10ClN3OS2/c1-16-6-7-19-12(16)15-11(18)14-10(17)8-2-4-9(13)5-3-8/h2-7H,1H3,(H,14,17,18)/b15-12+. The number of aryl methyl sites for hydroxylation is 1. The molecule has 98 valence electrons. The lowest BCUT2D eigenvalue weighted by molar-refractivity contribution is 0.0977. The molecule has 2 rings (SSSR count). The molecule has 0 aliphatic carbocycles. The number of aromatic nitrogens is 1. The molecule has 0 aliphatic heterocycles. The molecule has 2 aromatic rings. The minimum atomic E-state index is -0.301. The third kappa shape index (κ3) is 3.73. The quantitative estimate of drug-likeness (QED) is 0.822. The number of hydrogen-bond donors (Lipinski definition) is 1. The predicted molar refractivity (Wildman–Crippen MR) is 80.4 cm³/mol. The van der Waals surface area contributed by atoms with Gasteiger partial charge in [0.05, 0.1) is 0 Å². The lowest BCUT2D eigenvalue weighted by atomic mass is 10.2. The molecule has 19 heavy (non-hydrogen) atoms. The van der Waals surface area contributed by atoms with Gasteiger partial charge in [-0.1, -0.05) is 11.6 Å². The fourth-order valence-electron chi connectivity index (χ4n) is 1.32. The molecule has 1 heterocycles. The molecule has 0 aliphatic rings. The summed E-state index contributed by atoms with van der Waals surface area (Å²) in [7, 11) is 1.86. The molecule has 1 aromatic heterocycles. The van der Waals surface area contributed by atoms with E-state index in [4.69, 9.17) is 23.8 Å². The van der Waals surface area contributed by atoms with Crippen LogP contribution in [0.1, 0.15) is 10.4 Å². The summed E-state index contributed by atoms with van der Waals surface area (Å²) in [6.07, 6.45) is 1.87. The van der Waals surface area contributed by atoms with Crippen molar-refractivity contribution in [2.45, 2.75) is 0 Å². The number of nitrogens with one attached hydrogen (secondary N) is 1. The highest BCUT2D eigenvalue weighted by Gasteiger charge is 2.06. The molecule has 0 bridgehead atoms. The van der Waals surface area contributed by atoms with E-state index < -0.39 is 0 Å². The van der Waals surface area contributed by atoms with E-state index >= 15 is 0 Å². The van der Waals surface area contributed by atoms with E-state index in [-0.39, 0.29) is 11.0 Å². The van der Waals surface area contributed by atoms with E-state index in [9.17, 15) is 4.79 Å². The van der Waals surface area contributed by atoms with Gasteiger partial charge in [0.1, 0.15) is 0 Å². The van der Waals surface area contributed by atoms with Gasteiger partial charge in [0.25, 0.3) is 5.91 Å². The van der Waals surface area contributed by atoms with Crippen LogP contribution >= 0.6 is 35.2 Å². The molecule has 0 saturated heterocycles. The van der Waals surface area contributed by atoms with Gasteiger partial charge in [0.15, 0.2) is 4.80 Å². The third-order valence-electron chi connectivity index (χ3n) is 2.28. The topological polar surface area (TPSA) is 46.4 Å². The van der Waals surface area contributed by atoms with Gasteiger partial charge in [-0.25, -0.2) is 0 Å². The molecule has 1 aromatic carbocycles. The molecule has 0 atom stereocenters. The number of halogens is 1. The molecule has 4 nitrogen and oxygen atoms in total. The van der Waals surface area contributed by atoms with Crippen LogP contribution < -0.4 is 10.1 Å². The maximum absolute atomic E-state index is 11.9. The zero-order chi connectivity index (χ0) is 13.8. The Bertz CT molecular complexity index is 673. The summed E-state index contributed by atoms with van der Waals surface area (Å²) < 4.78 is 1.82.